The first-order chi connectivity index (χ1) is 6.11. The van der Waals surface area contributed by atoms with Gasteiger partial charge < -0.3 is 5.11 Å². The summed E-state index contributed by atoms with van der Waals surface area (Å²) in [4.78, 5) is 21.4. The predicted molar refractivity (Wildman–Crippen MR) is 44.5 cm³/mol. The highest BCUT2D eigenvalue weighted by atomic mass is 16.4. The second kappa shape index (κ2) is 3.84. The van der Waals surface area contributed by atoms with Crippen molar-refractivity contribution in [2.24, 2.45) is 0 Å². The zero-order valence-electron chi connectivity index (χ0n) is 7.23. The molecule has 1 aromatic heterocycles. The maximum atomic E-state index is 11.3. The van der Waals surface area contributed by atoms with Gasteiger partial charge in [0, 0.05) is 18.3 Å². The normalized spacial score (nSPS) is 9.92. The van der Waals surface area contributed by atoms with Crippen LogP contribution in [0.3, 0.4) is 0 Å². The third-order valence-corrected chi connectivity index (χ3v) is 1.62. The molecule has 0 aliphatic heterocycles. The molecule has 0 saturated carbocycles. The smallest absolute Gasteiger partial charge is 0.303 e. The number of nitrogens with zero attached hydrogens (tertiary/aromatic N) is 2. The Hall–Kier alpha value is -1.65. The maximum absolute atomic E-state index is 11.3. The van der Waals surface area contributed by atoms with Gasteiger partial charge in [-0.15, -0.1) is 0 Å². The number of hydrogen-bond acceptors (Lipinski definition) is 3. The Morgan fingerprint density at radius 3 is 2.69 bits per heavy atom. The highest BCUT2D eigenvalue weighted by molar-refractivity contribution is 5.82. The van der Waals surface area contributed by atoms with Crippen LogP contribution in [0, 0.1) is 6.92 Å². The minimum atomic E-state index is -0.974. The molecule has 0 aliphatic carbocycles. The quantitative estimate of drug-likeness (QED) is 0.746. The van der Waals surface area contributed by atoms with E-state index in [9.17, 15) is 9.59 Å². The summed E-state index contributed by atoms with van der Waals surface area (Å²) in [5, 5.41) is 12.1. The van der Waals surface area contributed by atoms with Gasteiger partial charge in [0.2, 0.25) is 5.91 Å². The summed E-state index contributed by atoms with van der Waals surface area (Å²) in [6, 6.07) is 1.69. The molecule has 0 bridgehead atoms. The molecule has 0 aromatic carbocycles. The highest BCUT2D eigenvalue weighted by Gasteiger charge is 2.09. The minimum absolute atomic E-state index is 0.0160. The molecule has 70 valence electrons. The van der Waals surface area contributed by atoms with E-state index >= 15 is 0 Å². The molecular formula is C8H10N2O3. The second-order valence-corrected chi connectivity index (χ2v) is 2.67. The van der Waals surface area contributed by atoms with Crippen LogP contribution in [0.1, 0.15) is 23.3 Å². The first-order valence-electron chi connectivity index (χ1n) is 3.87. The van der Waals surface area contributed by atoms with Gasteiger partial charge in [0.25, 0.3) is 0 Å². The Morgan fingerprint density at radius 2 is 2.23 bits per heavy atom. The van der Waals surface area contributed by atoms with Crippen LogP contribution < -0.4 is 0 Å². The molecule has 13 heavy (non-hydrogen) atoms. The molecule has 0 amide bonds. The number of hydrogen-bond donors (Lipinski definition) is 1. The van der Waals surface area contributed by atoms with E-state index in [-0.39, 0.29) is 18.7 Å². The van der Waals surface area contributed by atoms with Crippen LogP contribution in [0.5, 0.6) is 0 Å². The summed E-state index contributed by atoms with van der Waals surface area (Å²) >= 11 is 0. The van der Waals surface area contributed by atoms with Gasteiger partial charge in [0.05, 0.1) is 6.42 Å². The lowest BCUT2D eigenvalue weighted by atomic mass is 10.3. The third kappa shape index (κ3) is 2.40. The fourth-order valence-corrected chi connectivity index (χ4v) is 0.950. The maximum Gasteiger partial charge on any atom is 0.303 e. The molecule has 0 spiro atoms. The highest BCUT2D eigenvalue weighted by Crippen LogP contribution is 1.99. The first-order valence-corrected chi connectivity index (χ1v) is 3.87. The van der Waals surface area contributed by atoms with E-state index in [4.69, 9.17) is 5.11 Å². The van der Waals surface area contributed by atoms with E-state index in [2.05, 4.69) is 5.10 Å². The summed E-state index contributed by atoms with van der Waals surface area (Å²) in [5.41, 5.74) is 0.718. The van der Waals surface area contributed by atoms with Crippen molar-refractivity contribution in [1.82, 2.24) is 9.78 Å². The van der Waals surface area contributed by atoms with Crippen molar-refractivity contribution in [3.05, 3.63) is 18.0 Å². The van der Waals surface area contributed by atoms with Crippen molar-refractivity contribution < 1.29 is 14.7 Å². The van der Waals surface area contributed by atoms with Gasteiger partial charge in [-0.2, -0.15) is 5.10 Å². The number of carboxylic acids is 1. The first kappa shape index (κ1) is 9.44. The number of carboxylic acid groups (broad SMARTS) is 1. The molecule has 1 rings (SSSR count). The molecule has 0 fully saturated rings. The van der Waals surface area contributed by atoms with E-state index in [1.165, 1.54) is 10.9 Å². The Bertz CT molecular complexity index is 330. The average molecular weight is 182 g/mol. The zero-order valence-corrected chi connectivity index (χ0v) is 7.23. The Labute approximate surface area is 75.0 Å². The van der Waals surface area contributed by atoms with Crippen LogP contribution in [0.2, 0.25) is 0 Å². The second-order valence-electron chi connectivity index (χ2n) is 2.67. The van der Waals surface area contributed by atoms with Crippen LogP contribution in [0.25, 0.3) is 0 Å². The van der Waals surface area contributed by atoms with E-state index in [1.807, 2.05) is 0 Å². The molecular weight excluding hydrogens is 172 g/mol. The minimum Gasteiger partial charge on any atom is -0.481 e. The Morgan fingerprint density at radius 1 is 1.54 bits per heavy atom. The van der Waals surface area contributed by atoms with Gasteiger partial charge in [0.1, 0.15) is 0 Å². The topological polar surface area (TPSA) is 72.2 Å². The van der Waals surface area contributed by atoms with Gasteiger partial charge >= 0.3 is 5.97 Å². The SMILES string of the molecule is Cc1ccnn1C(=O)CCC(=O)O. The van der Waals surface area contributed by atoms with E-state index < -0.39 is 5.97 Å². The van der Waals surface area contributed by atoms with Crippen LogP contribution in [-0.4, -0.2) is 26.8 Å². The molecule has 0 aliphatic rings. The fraction of sp³-hybridized carbons (Fsp3) is 0.375. The molecule has 1 aromatic rings. The molecule has 1 heterocycles. The lowest BCUT2D eigenvalue weighted by molar-refractivity contribution is -0.137. The summed E-state index contributed by atoms with van der Waals surface area (Å²) in [7, 11) is 0. The molecule has 0 atom stereocenters. The molecule has 0 radical (unpaired) electrons. The largest absolute Gasteiger partial charge is 0.481 e. The Balaban J connectivity index is 2.59. The molecule has 0 saturated heterocycles. The number of aryl methyl sites for hydroxylation is 1. The average Bonchev–Trinajstić information content (AvgIpc) is 2.47. The summed E-state index contributed by atoms with van der Waals surface area (Å²) in [6.07, 6.45) is 1.34. The van der Waals surface area contributed by atoms with Crippen molar-refractivity contribution in [2.75, 3.05) is 0 Å². The lowest BCUT2D eigenvalue weighted by Crippen LogP contribution is -2.14. The third-order valence-electron chi connectivity index (χ3n) is 1.62. The van der Waals surface area contributed by atoms with Gasteiger partial charge in [-0.25, -0.2) is 4.68 Å². The molecule has 1 N–H and O–H groups in total. The number of carbonyl (C=O) groups excluding carboxylic acids is 1. The standard InChI is InChI=1S/C8H10N2O3/c1-6-4-5-9-10(6)7(11)2-3-8(12)13/h4-5H,2-3H2,1H3,(H,12,13). The van der Waals surface area contributed by atoms with Gasteiger partial charge in [-0.1, -0.05) is 0 Å². The lowest BCUT2D eigenvalue weighted by Gasteiger charge is -2.00. The van der Waals surface area contributed by atoms with Crippen molar-refractivity contribution in [3.8, 4) is 0 Å². The van der Waals surface area contributed by atoms with Crippen molar-refractivity contribution in [3.63, 3.8) is 0 Å². The predicted octanol–water partition coefficient (Wildman–Crippen LogP) is 0.697. The van der Waals surface area contributed by atoms with Crippen LogP contribution >= 0.6 is 0 Å². The van der Waals surface area contributed by atoms with E-state index in [1.54, 1.807) is 13.0 Å². The monoisotopic (exact) mass is 182 g/mol. The number of rotatable bonds is 3. The van der Waals surface area contributed by atoms with Gasteiger partial charge in [0.15, 0.2) is 0 Å². The number of aliphatic carboxylic acids is 1. The van der Waals surface area contributed by atoms with Crippen molar-refractivity contribution in [1.29, 1.82) is 0 Å². The van der Waals surface area contributed by atoms with Gasteiger partial charge in [-0.3, -0.25) is 9.59 Å². The summed E-state index contributed by atoms with van der Waals surface area (Å²) < 4.78 is 1.21. The van der Waals surface area contributed by atoms with E-state index in [0.717, 1.165) is 5.69 Å². The summed E-state index contributed by atoms with van der Waals surface area (Å²) in [6.45, 7) is 1.74. The zero-order chi connectivity index (χ0) is 9.84. The van der Waals surface area contributed by atoms with Gasteiger partial charge in [-0.05, 0) is 13.0 Å². The number of aromatic nitrogens is 2. The fourth-order valence-electron chi connectivity index (χ4n) is 0.950. The van der Waals surface area contributed by atoms with Crippen LogP contribution in [-0.2, 0) is 4.79 Å². The van der Waals surface area contributed by atoms with Crippen LogP contribution in [0.4, 0.5) is 0 Å². The molecule has 5 nitrogen and oxygen atoms in total. The van der Waals surface area contributed by atoms with E-state index in [0.29, 0.717) is 0 Å². The van der Waals surface area contributed by atoms with Crippen molar-refractivity contribution in [2.45, 2.75) is 19.8 Å². The van der Waals surface area contributed by atoms with Crippen LogP contribution in [0.15, 0.2) is 12.3 Å². The summed E-state index contributed by atoms with van der Waals surface area (Å²) in [5.74, 6) is -1.26. The number of carbonyl (C=O) groups is 2. The molecule has 5 heteroatoms. The van der Waals surface area contributed by atoms with Crippen molar-refractivity contribution >= 4 is 11.9 Å². The molecule has 0 unspecified atom stereocenters. The Kier molecular flexibility index (Phi) is 2.79.